The van der Waals surface area contributed by atoms with E-state index in [1.54, 1.807) is 24.3 Å². The Morgan fingerprint density at radius 3 is 2.70 bits per heavy atom. The molecule has 23 heavy (non-hydrogen) atoms. The maximum Gasteiger partial charge on any atom is 0.338 e. The van der Waals surface area contributed by atoms with Crippen LogP contribution in [0.3, 0.4) is 0 Å². The first-order valence-electron chi connectivity index (χ1n) is 7.31. The molecule has 0 N–H and O–H groups in total. The highest BCUT2D eigenvalue weighted by Crippen LogP contribution is 2.44. The van der Waals surface area contributed by atoms with E-state index in [9.17, 15) is 9.59 Å². The van der Waals surface area contributed by atoms with E-state index in [2.05, 4.69) is 0 Å². The standard InChI is InChI=1S/C17H13ClO5/c18-10-3-1-9(2-4-10)15(19)21-8-11-7-14-12-5-6-13(14)17(22-11)23-16(12)20/h1-7,12-14,17H,8H2/t12-,13+,14-,17+/m1/s1. The number of carbonyl (C=O) groups excluding carboxylic acids is 2. The number of halogens is 1. The van der Waals surface area contributed by atoms with E-state index < -0.39 is 12.3 Å². The average Bonchev–Trinajstić information content (AvgIpc) is 2.89. The SMILES string of the molecule is O=C(OCC1=C[C@H]2[C@@H]3C=C[C@H]2C(=O)O[C@@H]3O1)c1ccc(Cl)cc1. The van der Waals surface area contributed by atoms with Crippen LogP contribution >= 0.6 is 11.6 Å². The van der Waals surface area contributed by atoms with Crippen LogP contribution in [0.15, 0.2) is 48.3 Å². The van der Waals surface area contributed by atoms with Crippen LogP contribution in [0.2, 0.25) is 5.02 Å². The second-order valence-electron chi connectivity index (χ2n) is 5.70. The van der Waals surface area contributed by atoms with E-state index in [4.69, 9.17) is 25.8 Å². The molecule has 6 heteroatoms. The lowest BCUT2D eigenvalue weighted by molar-refractivity contribution is -0.204. The van der Waals surface area contributed by atoms with Gasteiger partial charge in [0, 0.05) is 10.9 Å². The smallest absolute Gasteiger partial charge is 0.338 e. The maximum atomic E-state index is 12.0. The topological polar surface area (TPSA) is 61.8 Å². The van der Waals surface area contributed by atoms with Crippen LogP contribution in [0, 0.1) is 17.8 Å². The largest absolute Gasteiger partial charge is 0.455 e. The second-order valence-corrected chi connectivity index (χ2v) is 6.14. The van der Waals surface area contributed by atoms with Gasteiger partial charge in [0.15, 0.2) is 0 Å². The number of hydrogen-bond donors (Lipinski definition) is 0. The lowest BCUT2D eigenvalue weighted by Crippen LogP contribution is -2.44. The minimum absolute atomic E-state index is 0.00541. The van der Waals surface area contributed by atoms with Gasteiger partial charge in [-0.3, -0.25) is 4.79 Å². The molecule has 0 amide bonds. The monoisotopic (exact) mass is 332 g/mol. The van der Waals surface area contributed by atoms with Crippen molar-refractivity contribution in [1.82, 2.24) is 0 Å². The molecule has 3 aliphatic rings. The van der Waals surface area contributed by atoms with Crippen molar-refractivity contribution >= 4 is 23.5 Å². The summed E-state index contributed by atoms with van der Waals surface area (Å²) in [5, 5.41) is 0.553. The van der Waals surface area contributed by atoms with Crippen LogP contribution in [0.25, 0.3) is 0 Å². The average molecular weight is 333 g/mol. The summed E-state index contributed by atoms with van der Waals surface area (Å²) >= 11 is 5.79. The third-order valence-corrected chi connectivity index (χ3v) is 4.54. The fraction of sp³-hybridized carbons (Fsp3) is 0.294. The molecule has 4 bridgehead atoms. The molecule has 0 aromatic heterocycles. The van der Waals surface area contributed by atoms with Gasteiger partial charge in [-0.05, 0) is 30.3 Å². The summed E-state index contributed by atoms with van der Waals surface area (Å²) in [6, 6.07) is 6.45. The van der Waals surface area contributed by atoms with Gasteiger partial charge < -0.3 is 14.2 Å². The normalized spacial score (nSPS) is 30.3. The summed E-state index contributed by atoms with van der Waals surface area (Å²) in [4.78, 5) is 23.8. The summed E-state index contributed by atoms with van der Waals surface area (Å²) < 4.78 is 16.1. The van der Waals surface area contributed by atoms with E-state index in [1.165, 1.54) is 0 Å². The van der Waals surface area contributed by atoms with Gasteiger partial charge in [0.05, 0.1) is 17.4 Å². The summed E-state index contributed by atoms with van der Waals surface area (Å²) in [6.07, 6.45) is 5.05. The number of ether oxygens (including phenoxy) is 3. The zero-order chi connectivity index (χ0) is 16.0. The summed E-state index contributed by atoms with van der Waals surface area (Å²) in [6.45, 7) is 0.00541. The fourth-order valence-corrected chi connectivity index (χ4v) is 3.26. The minimum atomic E-state index is -0.628. The Hall–Kier alpha value is -2.27. The molecule has 0 saturated carbocycles. The van der Waals surface area contributed by atoms with Crippen LogP contribution in [0.1, 0.15) is 10.4 Å². The second kappa shape index (κ2) is 5.42. The third-order valence-electron chi connectivity index (χ3n) is 4.29. The highest BCUT2D eigenvalue weighted by atomic mass is 35.5. The summed E-state index contributed by atoms with van der Waals surface area (Å²) in [5.74, 6) is -0.395. The molecular formula is C17H13ClO5. The molecule has 1 saturated heterocycles. The fourth-order valence-electron chi connectivity index (χ4n) is 3.13. The number of carbonyl (C=O) groups is 2. The Morgan fingerprint density at radius 1 is 1.13 bits per heavy atom. The zero-order valence-electron chi connectivity index (χ0n) is 12.0. The first-order chi connectivity index (χ1) is 11.1. The van der Waals surface area contributed by atoms with E-state index >= 15 is 0 Å². The van der Waals surface area contributed by atoms with Crippen molar-refractivity contribution in [3.8, 4) is 0 Å². The summed E-state index contributed by atoms with van der Waals surface area (Å²) in [7, 11) is 0. The van der Waals surface area contributed by atoms with Gasteiger partial charge in [0.2, 0.25) is 0 Å². The Labute approximate surface area is 137 Å². The molecule has 2 aliphatic heterocycles. The van der Waals surface area contributed by atoms with Crippen LogP contribution < -0.4 is 0 Å². The van der Waals surface area contributed by atoms with Gasteiger partial charge in [-0.15, -0.1) is 0 Å². The predicted molar refractivity (Wildman–Crippen MR) is 80.4 cm³/mol. The van der Waals surface area contributed by atoms with Gasteiger partial charge in [-0.2, -0.15) is 0 Å². The number of hydrogen-bond acceptors (Lipinski definition) is 5. The van der Waals surface area contributed by atoms with Gasteiger partial charge in [0.25, 0.3) is 6.29 Å². The number of rotatable bonds is 3. The van der Waals surface area contributed by atoms with Crippen LogP contribution in [0.5, 0.6) is 0 Å². The molecule has 0 unspecified atom stereocenters. The van der Waals surface area contributed by atoms with Crippen LogP contribution in [0.4, 0.5) is 0 Å². The van der Waals surface area contributed by atoms with E-state index in [1.807, 2.05) is 18.2 Å². The van der Waals surface area contributed by atoms with Crippen molar-refractivity contribution in [2.75, 3.05) is 6.61 Å². The van der Waals surface area contributed by atoms with Gasteiger partial charge in [0.1, 0.15) is 12.4 Å². The van der Waals surface area contributed by atoms with Crippen LogP contribution in [-0.4, -0.2) is 24.8 Å². The quantitative estimate of drug-likeness (QED) is 0.629. The van der Waals surface area contributed by atoms with Crippen molar-refractivity contribution in [2.45, 2.75) is 6.29 Å². The van der Waals surface area contributed by atoms with Crippen molar-refractivity contribution in [3.05, 3.63) is 58.8 Å². The first-order valence-corrected chi connectivity index (χ1v) is 7.68. The molecule has 4 atom stereocenters. The van der Waals surface area contributed by atoms with E-state index in [-0.39, 0.29) is 30.3 Å². The van der Waals surface area contributed by atoms with Gasteiger partial charge in [-0.1, -0.05) is 23.8 Å². The van der Waals surface area contributed by atoms with Crippen molar-refractivity contribution in [2.24, 2.45) is 17.8 Å². The van der Waals surface area contributed by atoms with Crippen molar-refractivity contribution in [1.29, 1.82) is 0 Å². The maximum absolute atomic E-state index is 12.0. The van der Waals surface area contributed by atoms with Crippen LogP contribution in [-0.2, 0) is 19.0 Å². The Bertz CT molecular complexity index is 721. The van der Waals surface area contributed by atoms with Crippen molar-refractivity contribution in [3.63, 3.8) is 0 Å². The lowest BCUT2D eigenvalue weighted by Gasteiger charge is -2.38. The lowest BCUT2D eigenvalue weighted by atomic mass is 9.83. The molecular weight excluding hydrogens is 320 g/mol. The van der Waals surface area contributed by atoms with Crippen molar-refractivity contribution < 1.29 is 23.8 Å². The molecule has 1 aromatic carbocycles. The molecule has 0 radical (unpaired) electrons. The highest BCUT2D eigenvalue weighted by Gasteiger charge is 2.50. The molecule has 118 valence electrons. The van der Waals surface area contributed by atoms with Gasteiger partial charge >= 0.3 is 11.9 Å². The molecule has 0 spiro atoms. The summed E-state index contributed by atoms with van der Waals surface area (Å²) in [5.41, 5.74) is 0.416. The molecule has 5 nitrogen and oxygen atoms in total. The highest BCUT2D eigenvalue weighted by molar-refractivity contribution is 6.30. The van der Waals surface area contributed by atoms with E-state index in [0.717, 1.165) is 0 Å². The van der Waals surface area contributed by atoms with Gasteiger partial charge in [-0.25, -0.2) is 4.79 Å². The molecule has 1 aliphatic carbocycles. The third kappa shape index (κ3) is 2.51. The Balaban J connectivity index is 1.43. The Morgan fingerprint density at radius 2 is 1.91 bits per heavy atom. The number of benzene rings is 1. The predicted octanol–water partition coefficient (Wildman–Crippen LogP) is 2.71. The molecule has 1 aromatic rings. The molecule has 1 fully saturated rings. The van der Waals surface area contributed by atoms with E-state index in [0.29, 0.717) is 16.3 Å². The minimum Gasteiger partial charge on any atom is -0.455 e. The zero-order valence-corrected chi connectivity index (χ0v) is 12.7. The first kappa shape index (κ1) is 14.3. The molecule has 2 heterocycles. The number of esters is 2. The number of allylic oxidation sites excluding steroid dienone is 1. The molecule has 4 rings (SSSR count). The Kier molecular flexibility index (Phi) is 3.38.